The van der Waals surface area contributed by atoms with Crippen LogP contribution in [0.4, 0.5) is 9.59 Å². The molecule has 104 valence electrons. The van der Waals surface area contributed by atoms with Crippen molar-refractivity contribution >= 4 is 12.2 Å². The van der Waals surface area contributed by atoms with Crippen LogP contribution in [0.2, 0.25) is 0 Å². The van der Waals surface area contributed by atoms with Gasteiger partial charge >= 0.3 is 12.2 Å². The molecule has 0 heterocycles. The Hall–Kier alpha value is -1.46. The van der Waals surface area contributed by atoms with Crippen molar-refractivity contribution in [3.63, 3.8) is 0 Å². The van der Waals surface area contributed by atoms with Crippen LogP contribution in [-0.2, 0) is 4.74 Å². The van der Waals surface area contributed by atoms with E-state index in [2.05, 4.69) is 10.6 Å². The quantitative estimate of drug-likeness (QED) is 0.707. The van der Waals surface area contributed by atoms with Gasteiger partial charge in [-0.3, -0.25) is 0 Å². The van der Waals surface area contributed by atoms with Crippen molar-refractivity contribution in [1.82, 2.24) is 10.6 Å². The zero-order valence-electron chi connectivity index (χ0n) is 11.2. The van der Waals surface area contributed by atoms with Gasteiger partial charge in [-0.15, -0.1) is 0 Å². The fraction of sp³-hybridized carbons (Fsp3) is 0.833. The highest BCUT2D eigenvalue weighted by atomic mass is 16.6. The van der Waals surface area contributed by atoms with Gasteiger partial charge < -0.3 is 20.5 Å². The summed E-state index contributed by atoms with van der Waals surface area (Å²) in [6.07, 6.45) is 1.91. The minimum absolute atomic E-state index is 0.190. The lowest BCUT2D eigenvalue weighted by atomic mass is 9.90. The van der Waals surface area contributed by atoms with E-state index >= 15 is 0 Å². The second kappa shape index (κ2) is 5.93. The van der Waals surface area contributed by atoms with Crippen molar-refractivity contribution in [1.29, 1.82) is 0 Å². The minimum atomic E-state index is -1.06. The lowest BCUT2D eigenvalue weighted by Gasteiger charge is -2.32. The van der Waals surface area contributed by atoms with Gasteiger partial charge in [0.15, 0.2) is 0 Å². The molecule has 0 aromatic heterocycles. The van der Waals surface area contributed by atoms with Crippen LogP contribution in [0.1, 0.15) is 46.5 Å². The molecule has 2 atom stereocenters. The topological polar surface area (TPSA) is 87.7 Å². The Balaban J connectivity index is 2.51. The van der Waals surface area contributed by atoms with Crippen molar-refractivity contribution in [3.8, 4) is 0 Å². The molecule has 2 amide bonds. The predicted octanol–water partition coefficient (Wildman–Crippen LogP) is 2.09. The smallest absolute Gasteiger partial charge is 0.407 e. The van der Waals surface area contributed by atoms with Gasteiger partial charge in [-0.2, -0.15) is 0 Å². The van der Waals surface area contributed by atoms with E-state index in [1.165, 1.54) is 0 Å². The standard InChI is InChI=1S/C12H22N2O4/c1-12(2,3)18-11(17)14-9-7-5-4-6-8(9)13-10(15)16/h8-9,13H,4-7H2,1-3H3,(H,14,17)(H,15,16). The summed E-state index contributed by atoms with van der Waals surface area (Å²) in [6, 6.07) is -0.423. The van der Waals surface area contributed by atoms with Gasteiger partial charge in [0.1, 0.15) is 5.60 Å². The molecule has 1 rings (SSSR count). The highest BCUT2D eigenvalue weighted by molar-refractivity contribution is 5.69. The minimum Gasteiger partial charge on any atom is -0.465 e. The normalized spacial score (nSPS) is 24.2. The van der Waals surface area contributed by atoms with E-state index in [1.54, 1.807) is 20.8 Å². The van der Waals surface area contributed by atoms with Crippen LogP contribution < -0.4 is 10.6 Å². The second-order valence-corrected chi connectivity index (χ2v) is 5.59. The monoisotopic (exact) mass is 258 g/mol. The fourth-order valence-electron chi connectivity index (χ4n) is 2.09. The van der Waals surface area contributed by atoms with E-state index in [0.29, 0.717) is 0 Å². The average molecular weight is 258 g/mol. The van der Waals surface area contributed by atoms with Crippen molar-refractivity contribution in [2.24, 2.45) is 0 Å². The summed E-state index contributed by atoms with van der Waals surface area (Å²) < 4.78 is 5.17. The van der Waals surface area contributed by atoms with Crippen LogP contribution in [0.15, 0.2) is 0 Å². The molecule has 1 aliphatic carbocycles. The Morgan fingerprint density at radius 2 is 1.61 bits per heavy atom. The maximum Gasteiger partial charge on any atom is 0.407 e. The first-order valence-corrected chi connectivity index (χ1v) is 6.27. The first kappa shape index (κ1) is 14.6. The van der Waals surface area contributed by atoms with E-state index < -0.39 is 17.8 Å². The third kappa shape index (κ3) is 5.25. The number of hydrogen-bond acceptors (Lipinski definition) is 3. The number of carboxylic acid groups (broad SMARTS) is 1. The Labute approximate surface area is 107 Å². The molecule has 0 bridgehead atoms. The Kier molecular flexibility index (Phi) is 4.81. The predicted molar refractivity (Wildman–Crippen MR) is 66.6 cm³/mol. The lowest BCUT2D eigenvalue weighted by molar-refractivity contribution is 0.0478. The largest absolute Gasteiger partial charge is 0.465 e. The Morgan fingerprint density at radius 1 is 1.11 bits per heavy atom. The van der Waals surface area contributed by atoms with E-state index in [9.17, 15) is 9.59 Å². The lowest BCUT2D eigenvalue weighted by Crippen LogP contribution is -2.53. The van der Waals surface area contributed by atoms with E-state index in [-0.39, 0.29) is 12.1 Å². The van der Waals surface area contributed by atoms with Gasteiger partial charge in [0.05, 0.1) is 12.1 Å². The number of hydrogen-bond donors (Lipinski definition) is 3. The molecule has 0 saturated heterocycles. The number of ether oxygens (including phenoxy) is 1. The zero-order valence-corrected chi connectivity index (χ0v) is 11.2. The van der Waals surface area contributed by atoms with Gasteiger partial charge in [0.2, 0.25) is 0 Å². The van der Waals surface area contributed by atoms with Crippen molar-refractivity contribution < 1.29 is 19.4 Å². The summed E-state index contributed by atoms with van der Waals surface area (Å²) in [7, 11) is 0. The highest BCUT2D eigenvalue weighted by Crippen LogP contribution is 2.19. The number of carbonyl (C=O) groups excluding carboxylic acids is 1. The molecule has 0 spiro atoms. The van der Waals surface area contributed by atoms with Crippen LogP contribution >= 0.6 is 0 Å². The summed E-state index contributed by atoms with van der Waals surface area (Å²) in [5.41, 5.74) is -0.547. The number of carbonyl (C=O) groups is 2. The number of amides is 2. The van der Waals surface area contributed by atoms with Crippen LogP contribution in [-0.4, -0.2) is 35.0 Å². The maximum absolute atomic E-state index is 11.6. The molecule has 0 aromatic rings. The molecular formula is C12H22N2O4. The SMILES string of the molecule is CC(C)(C)OC(=O)NC1CCCCC1NC(=O)O. The molecule has 0 aliphatic heterocycles. The molecule has 0 aromatic carbocycles. The summed E-state index contributed by atoms with van der Waals surface area (Å²) in [5.74, 6) is 0. The molecular weight excluding hydrogens is 236 g/mol. The van der Waals surface area contributed by atoms with Crippen LogP contribution in [0.25, 0.3) is 0 Å². The molecule has 3 N–H and O–H groups in total. The van der Waals surface area contributed by atoms with Crippen LogP contribution in [0, 0.1) is 0 Å². The Morgan fingerprint density at radius 3 is 2.06 bits per heavy atom. The first-order valence-electron chi connectivity index (χ1n) is 6.27. The number of nitrogens with one attached hydrogen (secondary N) is 2. The van der Waals surface area contributed by atoms with E-state index in [0.717, 1.165) is 25.7 Å². The second-order valence-electron chi connectivity index (χ2n) is 5.59. The molecule has 1 saturated carbocycles. The van der Waals surface area contributed by atoms with Crippen molar-refractivity contribution in [2.45, 2.75) is 64.1 Å². The molecule has 0 radical (unpaired) electrons. The summed E-state index contributed by atoms with van der Waals surface area (Å²) in [6.45, 7) is 5.38. The number of rotatable bonds is 2. The molecule has 2 unspecified atom stereocenters. The third-order valence-corrected chi connectivity index (χ3v) is 2.78. The summed E-state index contributed by atoms with van der Waals surface area (Å²) in [4.78, 5) is 22.3. The van der Waals surface area contributed by atoms with E-state index in [1.807, 2.05) is 0 Å². The Bertz CT molecular complexity index is 312. The zero-order chi connectivity index (χ0) is 13.8. The molecule has 1 fully saturated rings. The maximum atomic E-state index is 11.6. The summed E-state index contributed by atoms with van der Waals surface area (Å²) >= 11 is 0. The fourth-order valence-corrected chi connectivity index (χ4v) is 2.09. The summed E-state index contributed by atoms with van der Waals surface area (Å²) in [5, 5.41) is 13.9. The van der Waals surface area contributed by atoms with Gasteiger partial charge in [0, 0.05) is 0 Å². The van der Waals surface area contributed by atoms with Gasteiger partial charge in [-0.1, -0.05) is 12.8 Å². The van der Waals surface area contributed by atoms with Gasteiger partial charge in [0.25, 0.3) is 0 Å². The van der Waals surface area contributed by atoms with Gasteiger partial charge in [-0.25, -0.2) is 9.59 Å². The molecule has 6 nitrogen and oxygen atoms in total. The first-order chi connectivity index (χ1) is 8.28. The van der Waals surface area contributed by atoms with Crippen LogP contribution in [0.5, 0.6) is 0 Å². The van der Waals surface area contributed by atoms with Crippen molar-refractivity contribution in [3.05, 3.63) is 0 Å². The number of alkyl carbamates (subject to hydrolysis) is 1. The average Bonchev–Trinajstić information content (AvgIpc) is 2.17. The van der Waals surface area contributed by atoms with Crippen LogP contribution in [0.3, 0.4) is 0 Å². The third-order valence-electron chi connectivity index (χ3n) is 2.78. The highest BCUT2D eigenvalue weighted by Gasteiger charge is 2.29. The van der Waals surface area contributed by atoms with Gasteiger partial charge in [-0.05, 0) is 33.6 Å². The van der Waals surface area contributed by atoms with Crippen molar-refractivity contribution in [2.75, 3.05) is 0 Å². The molecule has 1 aliphatic rings. The van der Waals surface area contributed by atoms with E-state index in [4.69, 9.17) is 9.84 Å². The molecule has 18 heavy (non-hydrogen) atoms. The molecule has 6 heteroatoms.